The summed E-state index contributed by atoms with van der Waals surface area (Å²) in [6, 6.07) is 12.9. The second kappa shape index (κ2) is 7.71. The number of para-hydroxylation sites is 1. The van der Waals surface area contributed by atoms with Crippen LogP contribution in [0.15, 0.2) is 54.7 Å². The van der Waals surface area contributed by atoms with Crippen LogP contribution in [0.25, 0.3) is 10.8 Å². The van der Waals surface area contributed by atoms with E-state index in [0.717, 1.165) is 0 Å². The van der Waals surface area contributed by atoms with E-state index in [0.29, 0.717) is 22.3 Å². The third-order valence-corrected chi connectivity index (χ3v) is 3.83. The number of nitrogens with one attached hydrogen (secondary N) is 1. The lowest BCUT2D eigenvalue weighted by atomic mass is 10.1. The van der Waals surface area contributed by atoms with Crippen molar-refractivity contribution >= 4 is 22.6 Å². The van der Waals surface area contributed by atoms with E-state index in [1.165, 1.54) is 6.20 Å². The van der Waals surface area contributed by atoms with Crippen LogP contribution in [-0.4, -0.2) is 39.7 Å². The number of pyridine rings is 1. The van der Waals surface area contributed by atoms with Gasteiger partial charge in [0.05, 0.1) is 0 Å². The van der Waals surface area contributed by atoms with Gasteiger partial charge in [0.1, 0.15) is 17.5 Å². The van der Waals surface area contributed by atoms with Gasteiger partial charge in [0.15, 0.2) is 11.4 Å². The molecule has 1 heterocycles. The number of fused-ring (bicyclic) bond motifs is 1. The van der Waals surface area contributed by atoms with Crippen LogP contribution in [0, 0.1) is 0 Å². The van der Waals surface area contributed by atoms with E-state index >= 15 is 0 Å². The molecule has 0 fully saturated rings. The first-order chi connectivity index (χ1) is 13.0. The SMILES string of the molecule is NC(CNC(=O)c1ncc2cc(Oc3ccccc3)ccc2c1O)C(=O)O. The zero-order valence-corrected chi connectivity index (χ0v) is 14.1. The number of hydrogen-bond acceptors (Lipinski definition) is 6. The van der Waals surface area contributed by atoms with E-state index in [2.05, 4.69) is 10.3 Å². The molecule has 27 heavy (non-hydrogen) atoms. The summed E-state index contributed by atoms with van der Waals surface area (Å²) in [4.78, 5) is 26.8. The molecule has 0 saturated carbocycles. The second-order valence-corrected chi connectivity index (χ2v) is 5.77. The van der Waals surface area contributed by atoms with Gasteiger partial charge in [0, 0.05) is 23.5 Å². The standard InChI is InChI=1S/C19H17N3O5/c20-15(19(25)26)10-22-18(24)16-17(23)14-7-6-13(8-11(14)9-21-16)27-12-4-2-1-3-5-12/h1-9,15,23H,10,20H2,(H,22,24)(H,25,26). The fraction of sp³-hybridized carbons (Fsp3) is 0.105. The molecule has 1 amide bonds. The monoisotopic (exact) mass is 367 g/mol. The number of aromatic nitrogens is 1. The quantitative estimate of drug-likeness (QED) is 0.522. The molecule has 2 aromatic carbocycles. The van der Waals surface area contributed by atoms with E-state index in [1.807, 2.05) is 30.3 Å². The van der Waals surface area contributed by atoms with Crippen LogP contribution >= 0.6 is 0 Å². The number of ether oxygens (including phenoxy) is 1. The zero-order valence-electron chi connectivity index (χ0n) is 14.1. The Balaban J connectivity index is 1.81. The molecule has 138 valence electrons. The van der Waals surface area contributed by atoms with Gasteiger partial charge in [0.25, 0.3) is 5.91 Å². The summed E-state index contributed by atoms with van der Waals surface area (Å²) >= 11 is 0. The highest BCUT2D eigenvalue weighted by molar-refractivity contribution is 6.01. The Morgan fingerprint density at radius 3 is 2.59 bits per heavy atom. The highest BCUT2D eigenvalue weighted by Gasteiger charge is 2.18. The number of nitrogens with two attached hydrogens (primary N) is 1. The zero-order chi connectivity index (χ0) is 19.4. The van der Waals surface area contributed by atoms with E-state index in [-0.39, 0.29) is 18.0 Å². The van der Waals surface area contributed by atoms with Gasteiger partial charge in [-0.25, -0.2) is 4.98 Å². The normalized spacial score (nSPS) is 11.7. The number of carbonyl (C=O) groups excluding carboxylic acids is 1. The number of rotatable bonds is 6. The van der Waals surface area contributed by atoms with Gasteiger partial charge in [0.2, 0.25) is 0 Å². The lowest BCUT2D eigenvalue weighted by Crippen LogP contribution is -2.42. The highest BCUT2D eigenvalue weighted by Crippen LogP contribution is 2.31. The number of nitrogens with zero attached hydrogens (tertiary/aromatic N) is 1. The Labute approximate surface area is 154 Å². The topological polar surface area (TPSA) is 135 Å². The van der Waals surface area contributed by atoms with Gasteiger partial charge in [-0.05, 0) is 30.3 Å². The number of carbonyl (C=O) groups is 2. The van der Waals surface area contributed by atoms with Gasteiger partial charge in [-0.15, -0.1) is 0 Å². The fourth-order valence-electron chi connectivity index (χ4n) is 2.41. The number of hydrogen-bond donors (Lipinski definition) is 4. The maximum atomic E-state index is 12.1. The number of carboxylic acids is 1. The predicted octanol–water partition coefficient (Wildman–Crippen LogP) is 1.87. The molecule has 0 aliphatic heterocycles. The van der Waals surface area contributed by atoms with Crippen molar-refractivity contribution in [2.24, 2.45) is 5.73 Å². The van der Waals surface area contributed by atoms with E-state index < -0.39 is 17.9 Å². The first kappa shape index (κ1) is 18.2. The number of benzene rings is 2. The molecule has 0 radical (unpaired) electrons. The van der Waals surface area contributed by atoms with Gasteiger partial charge in [-0.2, -0.15) is 0 Å². The van der Waals surface area contributed by atoms with Crippen LogP contribution in [0.2, 0.25) is 0 Å². The number of aliphatic carboxylic acids is 1. The molecular formula is C19H17N3O5. The highest BCUT2D eigenvalue weighted by atomic mass is 16.5. The van der Waals surface area contributed by atoms with Gasteiger partial charge >= 0.3 is 5.97 Å². The van der Waals surface area contributed by atoms with Crippen molar-refractivity contribution in [2.75, 3.05) is 6.54 Å². The van der Waals surface area contributed by atoms with Crippen LogP contribution in [0.4, 0.5) is 0 Å². The second-order valence-electron chi connectivity index (χ2n) is 5.77. The Morgan fingerprint density at radius 1 is 1.15 bits per heavy atom. The number of amides is 1. The molecule has 0 bridgehead atoms. The van der Waals surface area contributed by atoms with Crippen LogP contribution < -0.4 is 15.8 Å². The van der Waals surface area contributed by atoms with Crippen molar-refractivity contribution in [2.45, 2.75) is 6.04 Å². The minimum Gasteiger partial charge on any atom is -0.505 e. The van der Waals surface area contributed by atoms with Crippen LogP contribution in [0.1, 0.15) is 10.5 Å². The van der Waals surface area contributed by atoms with Crippen molar-refractivity contribution in [1.29, 1.82) is 0 Å². The average molecular weight is 367 g/mol. The van der Waals surface area contributed by atoms with Gasteiger partial charge in [-0.1, -0.05) is 18.2 Å². The summed E-state index contributed by atoms with van der Waals surface area (Å²) in [5, 5.41) is 22.4. The van der Waals surface area contributed by atoms with Crippen molar-refractivity contribution in [3.63, 3.8) is 0 Å². The Morgan fingerprint density at radius 2 is 1.89 bits per heavy atom. The summed E-state index contributed by atoms with van der Waals surface area (Å²) in [5.41, 5.74) is 5.13. The fourth-order valence-corrected chi connectivity index (χ4v) is 2.41. The maximum Gasteiger partial charge on any atom is 0.322 e. The molecule has 8 heteroatoms. The molecule has 0 saturated heterocycles. The summed E-state index contributed by atoms with van der Waals surface area (Å²) < 4.78 is 5.73. The van der Waals surface area contributed by atoms with Crippen LogP contribution in [-0.2, 0) is 4.79 Å². The van der Waals surface area contributed by atoms with Crippen molar-refractivity contribution < 1.29 is 24.5 Å². The van der Waals surface area contributed by atoms with Crippen molar-refractivity contribution in [3.05, 3.63) is 60.4 Å². The lowest BCUT2D eigenvalue weighted by molar-refractivity contribution is -0.138. The first-order valence-electron chi connectivity index (χ1n) is 8.07. The Hall–Kier alpha value is -3.65. The molecule has 8 nitrogen and oxygen atoms in total. The van der Waals surface area contributed by atoms with Crippen molar-refractivity contribution in [1.82, 2.24) is 10.3 Å². The Bertz CT molecular complexity index is 991. The van der Waals surface area contributed by atoms with Gasteiger partial charge < -0.3 is 26.0 Å². The van der Waals surface area contributed by atoms with Gasteiger partial charge in [-0.3, -0.25) is 9.59 Å². The molecule has 3 aromatic rings. The average Bonchev–Trinajstić information content (AvgIpc) is 2.66. The number of aromatic hydroxyl groups is 1. The molecule has 1 atom stereocenters. The molecule has 5 N–H and O–H groups in total. The minimum absolute atomic E-state index is 0.211. The van der Waals surface area contributed by atoms with E-state index in [4.69, 9.17) is 15.6 Å². The smallest absolute Gasteiger partial charge is 0.322 e. The van der Waals surface area contributed by atoms with E-state index in [9.17, 15) is 14.7 Å². The molecular weight excluding hydrogens is 350 g/mol. The largest absolute Gasteiger partial charge is 0.505 e. The maximum absolute atomic E-state index is 12.1. The summed E-state index contributed by atoms with van der Waals surface area (Å²) in [6.45, 7) is -0.281. The third kappa shape index (κ3) is 4.13. The molecule has 0 aliphatic carbocycles. The van der Waals surface area contributed by atoms with Crippen LogP contribution in [0.5, 0.6) is 17.2 Å². The van der Waals surface area contributed by atoms with Crippen LogP contribution in [0.3, 0.4) is 0 Å². The first-order valence-corrected chi connectivity index (χ1v) is 8.07. The number of carboxylic acid groups (broad SMARTS) is 1. The summed E-state index contributed by atoms with van der Waals surface area (Å²) in [6.07, 6.45) is 1.43. The predicted molar refractivity (Wildman–Crippen MR) is 97.9 cm³/mol. The molecule has 0 aliphatic rings. The summed E-state index contributed by atoms with van der Waals surface area (Å²) in [7, 11) is 0. The molecule has 0 spiro atoms. The third-order valence-electron chi connectivity index (χ3n) is 3.83. The lowest BCUT2D eigenvalue weighted by Gasteiger charge is -2.11. The van der Waals surface area contributed by atoms with E-state index in [1.54, 1.807) is 18.2 Å². The molecule has 3 rings (SSSR count). The molecule has 1 unspecified atom stereocenters. The molecule has 1 aromatic heterocycles. The van der Waals surface area contributed by atoms with Crippen molar-refractivity contribution in [3.8, 4) is 17.2 Å². The summed E-state index contributed by atoms with van der Waals surface area (Å²) in [5.74, 6) is -1.04. The Kier molecular flexibility index (Phi) is 5.18. The minimum atomic E-state index is -1.24.